The van der Waals surface area contributed by atoms with Crippen LogP contribution >= 0.6 is 0 Å². The van der Waals surface area contributed by atoms with Crippen LogP contribution in [-0.2, 0) is 11.2 Å². The van der Waals surface area contributed by atoms with Crippen LogP contribution in [0.4, 0.5) is 0 Å². The molecule has 1 aliphatic rings. The Hall–Kier alpha value is -0.860. The van der Waals surface area contributed by atoms with Crippen molar-refractivity contribution < 1.29 is 9.84 Å². The van der Waals surface area contributed by atoms with Gasteiger partial charge in [0, 0.05) is 12.5 Å². The van der Waals surface area contributed by atoms with Crippen molar-refractivity contribution in [1.82, 2.24) is 0 Å². The van der Waals surface area contributed by atoms with Gasteiger partial charge in [0.15, 0.2) is 0 Å². The largest absolute Gasteiger partial charge is 0.388 e. The Kier molecular flexibility index (Phi) is 3.97. The van der Waals surface area contributed by atoms with Crippen LogP contribution in [0.2, 0.25) is 0 Å². The predicted octanol–water partition coefficient (Wildman–Crippen LogP) is 2.71. The molecule has 2 atom stereocenters. The van der Waals surface area contributed by atoms with Crippen LogP contribution in [-0.4, -0.2) is 18.3 Å². The fraction of sp³-hybridized carbons (Fsp3) is 0.571. The van der Waals surface area contributed by atoms with Crippen LogP contribution in [0.1, 0.15) is 37.0 Å². The smallest absolute Gasteiger partial charge is 0.0841 e. The highest BCUT2D eigenvalue weighted by atomic mass is 16.5. The van der Waals surface area contributed by atoms with E-state index in [1.807, 2.05) is 12.1 Å². The molecule has 0 saturated carbocycles. The van der Waals surface area contributed by atoms with Gasteiger partial charge in [0.05, 0.1) is 12.7 Å². The number of rotatable bonds is 4. The number of aliphatic hydroxyl groups is 1. The topological polar surface area (TPSA) is 29.5 Å². The molecule has 88 valence electrons. The van der Waals surface area contributed by atoms with Gasteiger partial charge < -0.3 is 9.84 Å². The molecular weight excluding hydrogens is 200 g/mol. The zero-order valence-electron chi connectivity index (χ0n) is 9.86. The molecule has 1 fully saturated rings. The van der Waals surface area contributed by atoms with E-state index in [2.05, 4.69) is 19.1 Å². The Morgan fingerprint density at radius 3 is 2.69 bits per heavy atom. The minimum atomic E-state index is -0.363. The van der Waals surface area contributed by atoms with Crippen molar-refractivity contribution in [2.75, 3.05) is 13.2 Å². The van der Waals surface area contributed by atoms with Gasteiger partial charge in [-0.05, 0) is 24.0 Å². The molecule has 16 heavy (non-hydrogen) atoms. The third-order valence-electron chi connectivity index (χ3n) is 3.27. The lowest BCUT2D eigenvalue weighted by atomic mass is 9.94. The monoisotopic (exact) mass is 220 g/mol. The Morgan fingerprint density at radius 2 is 2.12 bits per heavy atom. The van der Waals surface area contributed by atoms with Gasteiger partial charge in [-0.25, -0.2) is 0 Å². The molecule has 2 unspecified atom stereocenters. The van der Waals surface area contributed by atoms with E-state index in [4.69, 9.17) is 4.74 Å². The number of ether oxygens (including phenoxy) is 1. The number of hydrogen-bond acceptors (Lipinski definition) is 2. The third kappa shape index (κ3) is 2.63. The van der Waals surface area contributed by atoms with E-state index in [0.29, 0.717) is 6.61 Å². The summed E-state index contributed by atoms with van der Waals surface area (Å²) in [5.74, 6) is 0.275. The molecular formula is C14H20O2. The highest BCUT2D eigenvalue weighted by Crippen LogP contribution is 2.28. The van der Waals surface area contributed by atoms with Gasteiger partial charge in [0.2, 0.25) is 0 Å². The quantitative estimate of drug-likeness (QED) is 0.845. The molecule has 2 nitrogen and oxygen atoms in total. The summed E-state index contributed by atoms with van der Waals surface area (Å²) < 4.78 is 5.30. The van der Waals surface area contributed by atoms with Crippen LogP contribution in [0.15, 0.2) is 24.3 Å². The SMILES string of the molecule is CCCc1ccc(C(O)C2CCOC2)cc1. The number of hydrogen-bond donors (Lipinski definition) is 1. The molecule has 0 aromatic heterocycles. The molecule has 0 radical (unpaired) electrons. The molecule has 1 aromatic carbocycles. The van der Waals surface area contributed by atoms with Gasteiger partial charge in [-0.2, -0.15) is 0 Å². The molecule has 0 amide bonds. The lowest BCUT2D eigenvalue weighted by Gasteiger charge is -2.17. The molecule has 1 saturated heterocycles. The summed E-state index contributed by atoms with van der Waals surface area (Å²) in [7, 11) is 0. The molecule has 0 bridgehead atoms. The standard InChI is InChI=1S/C14H20O2/c1-2-3-11-4-6-12(7-5-11)14(15)13-8-9-16-10-13/h4-7,13-15H,2-3,8-10H2,1H3. The van der Waals surface area contributed by atoms with Crippen molar-refractivity contribution in [1.29, 1.82) is 0 Å². The second kappa shape index (κ2) is 5.46. The summed E-state index contributed by atoms with van der Waals surface area (Å²) in [6.07, 6.45) is 2.89. The van der Waals surface area contributed by atoms with E-state index in [-0.39, 0.29) is 12.0 Å². The number of aliphatic hydroxyl groups excluding tert-OH is 1. The van der Waals surface area contributed by atoms with Gasteiger partial charge >= 0.3 is 0 Å². The van der Waals surface area contributed by atoms with Gasteiger partial charge in [-0.1, -0.05) is 37.6 Å². The van der Waals surface area contributed by atoms with Crippen molar-refractivity contribution in [2.24, 2.45) is 5.92 Å². The number of aryl methyl sites for hydroxylation is 1. The molecule has 1 aliphatic heterocycles. The molecule has 0 aliphatic carbocycles. The Morgan fingerprint density at radius 1 is 1.38 bits per heavy atom. The van der Waals surface area contributed by atoms with E-state index in [1.54, 1.807) is 0 Å². The van der Waals surface area contributed by atoms with Crippen molar-refractivity contribution in [2.45, 2.75) is 32.3 Å². The molecule has 1 aromatic rings. The van der Waals surface area contributed by atoms with Crippen LogP contribution in [0, 0.1) is 5.92 Å². The summed E-state index contributed by atoms with van der Waals surface area (Å²) in [6.45, 7) is 3.66. The first-order valence-corrected chi connectivity index (χ1v) is 6.16. The first-order chi connectivity index (χ1) is 7.81. The van der Waals surface area contributed by atoms with Crippen molar-refractivity contribution in [3.05, 3.63) is 35.4 Å². The molecule has 2 rings (SSSR count). The van der Waals surface area contributed by atoms with E-state index in [1.165, 1.54) is 12.0 Å². The molecule has 1 N–H and O–H groups in total. The lowest BCUT2D eigenvalue weighted by Crippen LogP contribution is -2.12. The van der Waals surface area contributed by atoms with Crippen LogP contribution in [0.3, 0.4) is 0 Å². The molecule has 1 heterocycles. The molecule has 0 spiro atoms. The van der Waals surface area contributed by atoms with Crippen molar-refractivity contribution in [3.63, 3.8) is 0 Å². The fourth-order valence-electron chi connectivity index (χ4n) is 2.24. The second-order valence-electron chi connectivity index (χ2n) is 4.56. The highest BCUT2D eigenvalue weighted by molar-refractivity contribution is 5.24. The van der Waals surface area contributed by atoms with Crippen LogP contribution in [0.25, 0.3) is 0 Å². The second-order valence-corrected chi connectivity index (χ2v) is 4.56. The minimum absolute atomic E-state index is 0.275. The highest BCUT2D eigenvalue weighted by Gasteiger charge is 2.24. The van der Waals surface area contributed by atoms with Crippen LogP contribution < -0.4 is 0 Å². The van der Waals surface area contributed by atoms with Crippen molar-refractivity contribution in [3.8, 4) is 0 Å². The summed E-state index contributed by atoms with van der Waals surface area (Å²) >= 11 is 0. The Balaban J connectivity index is 2.02. The van der Waals surface area contributed by atoms with Gasteiger partial charge in [0.1, 0.15) is 0 Å². The number of benzene rings is 1. The lowest BCUT2D eigenvalue weighted by molar-refractivity contribution is 0.0918. The Bertz CT molecular complexity index is 312. The van der Waals surface area contributed by atoms with Crippen LogP contribution in [0.5, 0.6) is 0 Å². The maximum atomic E-state index is 10.2. The normalized spacial score (nSPS) is 22.2. The zero-order valence-corrected chi connectivity index (χ0v) is 9.86. The fourth-order valence-corrected chi connectivity index (χ4v) is 2.24. The van der Waals surface area contributed by atoms with E-state index >= 15 is 0 Å². The van der Waals surface area contributed by atoms with E-state index in [9.17, 15) is 5.11 Å². The van der Waals surface area contributed by atoms with Crippen molar-refractivity contribution >= 4 is 0 Å². The average Bonchev–Trinajstić information content (AvgIpc) is 2.83. The predicted molar refractivity (Wildman–Crippen MR) is 64.3 cm³/mol. The molecule has 2 heteroatoms. The van der Waals surface area contributed by atoms with Gasteiger partial charge in [-0.3, -0.25) is 0 Å². The van der Waals surface area contributed by atoms with E-state index in [0.717, 1.165) is 25.0 Å². The summed E-state index contributed by atoms with van der Waals surface area (Å²) in [5.41, 5.74) is 2.37. The third-order valence-corrected chi connectivity index (χ3v) is 3.27. The maximum absolute atomic E-state index is 10.2. The summed E-state index contributed by atoms with van der Waals surface area (Å²) in [6, 6.07) is 8.34. The first kappa shape index (κ1) is 11.6. The minimum Gasteiger partial charge on any atom is -0.388 e. The van der Waals surface area contributed by atoms with Gasteiger partial charge in [-0.15, -0.1) is 0 Å². The van der Waals surface area contributed by atoms with E-state index < -0.39 is 0 Å². The first-order valence-electron chi connectivity index (χ1n) is 6.16. The summed E-state index contributed by atoms with van der Waals surface area (Å²) in [4.78, 5) is 0. The maximum Gasteiger partial charge on any atom is 0.0841 e. The summed E-state index contributed by atoms with van der Waals surface area (Å²) in [5, 5.41) is 10.2. The van der Waals surface area contributed by atoms with Gasteiger partial charge in [0.25, 0.3) is 0 Å². The average molecular weight is 220 g/mol. The Labute approximate surface area is 97.3 Å². The zero-order chi connectivity index (χ0) is 11.4.